The molecule has 3 aromatic rings. The number of Topliss-reactive ketones (excluding diaryl/α,β-unsaturated/α-hetero) is 1. The van der Waals surface area contributed by atoms with E-state index in [-0.39, 0.29) is 23.9 Å². The van der Waals surface area contributed by atoms with Gasteiger partial charge in [0.1, 0.15) is 23.6 Å². The monoisotopic (exact) mass is 483 g/mol. The van der Waals surface area contributed by atoms with E-state index in [4.69, 9.17) is 4.74 Å². The minimum Gasteiger partial charge on any atom is -0.456 e. The maximum atomic E-state index is 13.2. The van der Waals surface area contributed by atoms with Crippen LogP contribution in [0.25, 0.3) is 0 Å². The van der Waals surface area contributed by atoms with Crippen LogP contribution in [-0.2, 0) is 11.3 Å². The van der Waals surface area contributed by atoms with Crippen molar-refractivity contribution in [1.29, 1.82) is 0 Å². The molecule has 2 aromatic carbocycles. The van der Waals surface area contributed by atoms with Gasteiger partial charge in [0.15, 0.2) is 5.78 Å². The Labute approximate surface area is 187 Å². The Hall–Kier alpha value is -3.13. The summed E-state index contributed by atoms with van der Waals surface area (Å²) in [5.74, 6) is 0.510. The smallest absolute Gasteiger partial charge is 0.226 e. The molecule has 0 bridgehead atoms. The third-order valence-corrected chi connectivity index (χ3v) is 5.83. The van der Waals surface area contributed by atoms with Crippen LogP contribution in [0.15, 0.2) is 65.7 Å². The van der Waals surface area contributed by atoms with Crippen molar-refractivity contribution in [3.8, 4) is 11.5 Å². The fourth-order valence-corrected chi connectivity index (χ4v) is 3.65. The van der Waals surface area contributed by atoms with Crippen LogP contribution in [-0.4, -0.2) is 21.7 Å². The summed E-state index contributed by atoms with van der Waals surface area (Å²) in [6.07, 6.45) is 5.85. The molecular formula is C23H19BrFN3O3. The number of benzene rings is 2. The van der Waals surface area contributed by atoms with Gasteiger partial charge < -0.3 is 10.1 Å². The first-order valence-electron chi connectivity index (χ1n) is 9.74. The van der Waals surface area contributed by atoms with Crippen molar-refractivity contribution in [2.75, 3.05) is 0 Å². The standard InChI is InChI=1S/C23H19BrFN3O3/c24-19-9-17(25)3-6-21(19)31-18-4-1-15(2-5-18)11-28-22(30)23(7-8-23)10-20(29)16-12-26-14-27-13-16/h1-6,9,12-14H,7-8,10-11H2,(H,28,30). The van der Waals surface area contributed by atoms with E-state index in [9.17, 15) is 14.0 Å². The van der Waals surface area contributed by atoms with Crippen LogP contribution >= 0.6 is 15.9 Å². The minimum absolute atomic E-state index is 0.117. The molecule has 1 aliphatic carbocycles. The van der Waals surface area contributed by atoms with Crippen molar-refractivity contribution >= 4 is 27.6 Å². The van der Waals surface area contributed by atoms with Gasteiger partial charge in [-0.3, -0.25) is 9.59 Å². The van der Waals surface area contributed by atoms with Crippen molar-refractivity contribution in [2.45, 2.75) is 25.8 Å². The van der Waals surface area contributed by atoms with Crippen LogP contribution < -0.4 is 10.1 Å². The molecule has 0 atom stereocenters. The van der Waals surface area contributed by atoms with Gasteiger partial charge in [0.2, 0.25) is 5.91 Å². The predicted octanol–water partition coefficient (Wildman–Crippen LogP) is 4.84. The van der Waals surface area contributed by atoms with E-state index >= 15 is 0 Å². The molecule has 0 aliphatic heterocycles. The summed E-state index contributed by atoms with van der Waals surface area (Å²) in [4.78, 5) is 32.8. The molecule has 1 saturated carbocycles. The highest BCUT2D eigenvalue weighted by Gasteiger charge is 2.50. The average Bonchev–Trinajstić information content (AvgIpc) is 3.56. The third kappa shape index (κ3) is 5.14. The number of hydrogen-bond acceptors (Lipinski definition) is 5. The lowest BCUT2D eigenvalue weighted by molar-refractivity contribution is -0.126. The summed E-state index contributed by atoms with van der Waals surface area (Å²) in [5, 5.41) is 2.93. The van der Waals surface area contributed by atoms with E-state index in [0.717, 1.165) is 5.56 Å². The Morgan fingerprint density at radius 1 is 1.10 bits per heavy atom. The van der Waals surface area contributed by atoms with Crippen LogP contribution in [0.4, 0.5) is 4.39 Å². The Balaban J connectivity index is 1.31. The molecule has 0 radical (unpaired) electrons. The number of ether oxygens (including phenoxy) is 1. The van der Waals surface area contributed by atoms with Crippen molar-refractivity contribution in [3.63, 3.8) is 0 Å². The van der Waals surface area contributed by atoms with Gasteiger partial charge in [-0.1, -0.05) is 12.1 Å². The Morgan fingerprint density at radius 3 is 2.45 bits per heavy atom. The highest BCUT2D eigenvalue weighted by molar-refractivity contribution is 9.10. The maximum Gasteiger partial charge on any atom is 0.226 e. The lowest BCUT2D eigenvalue weighted by atomic mass is 9.95. The molecule has 1 N–H and O–H groups in total. The number of rotatable bonds is 8. The highest BCUT2D eigenvalue weighted by atomic mass is 79.9. The van der Waals surface area contributed by atoms with E-state index in [1.807, 2.05) is 12.1 Å². The fourth-order valence-electron chi connectivity index (χ4n) is 3.22. The third-order valence-electron chi connectivity index (χ3n) is 5.21. The van der Waals surface area contributed by atoms with Crippen LogP contribution in [0.5, 0.6) is 11.5 Å². The quantitative estimate of drug-likeness (QED) is 0.463. The van der Waals surface area contributed by atoms with Crippen LogP contribution in [0, 0.1) is 11.2 Å². The second-order valence-electron chi connectivity index (χ2n) is 7.51. The molecule has 31 heavy (non-hydrogen) atoms. The summed E-state index contributed by atoms with van der Waals surface area (Å²) in [6.45, 7) is 0.351. The molecular weight excluding hydrogens is 465 g/mol. The van der Waals surface area contributed by atoms with Crippen molar-refractivity contribution in [2.24, 2.45) is 5.41 Å². The molecule has 1 aromatic heterocycles. The van der Waals surface area contributed by atoms with E-state index < -0.39 is 5.41 Å². The first kappa shape index (κ1) is 21.1. The number of amides is 1. The molecule has 0 spiro atoms. The van der Waals surface area contributed by atoms with Gasteiger partial charge in [-0.05, 0) is 64.7 Å². The zero-order valence-corrected chi connectivity index (χ0v) is 18.1. The van der Waals surface area contributed by atoms with Crippen LogP contribution in [0.1, 0.15) is 35.2 Å². The van der Waals surface area contributed by atoms with Gasteiger partial charge in [-0.2, -0.15) is 0 Å². The van der Waals surface area contributed by atoms with Gasteiger partial charge >= 0.3 is 0 Å². The summed E-state index contributed by atoms with van der Waals surface area (Å²) >= 11 is 3.27. The van der Waals surface area contributed by atoms with E-state index in [1.54, 1.807) is 18.2 Å². The molecule has 0 saturated heterocycles. The Kier molecular flexibility index (Phi) is 6.08. The van der Waals surface area contributed by atoms with Crippen LogP contribution in [0.3, 0.4) is 0 Å². The summed E-state index contributed by atoms with van der Waals surface area (Å²) in [5.41, 5.74) is 0.688. The largest absolute Gasteiger partial charge is 0.456 e. The molecule has 158 valence electrons. The van der Waals surface area contributed by atoms with Crippen molar-refractivity contribution in [3.05, 3.63) is 82.6 Å². The van der Waals surface area contributed by atoms with Crippen LogP contribution in [0.2, 0.25) is 0 Å². The molecule has 0 unspecified atom stereocenters. The number of nitrogens with zero attached hydrogens (tertiary/aromatic N) is 2. The van der Waals surface area contributed by atoms with E-state index in [1.165, 1.54) is 30.9 Å². The summed E-state index contributed by atoms with van der Waals surface area (Å²) in [6, 6.07) is 11.5. The topological polar surface area (TPSA) is 81.2 Å². The van der Waals surface area contributed by atoms with Gasteiger partial charge in [0.25, 0.3) is 0 Å². The van der Waals surface area contributed by atoms with Gasteiger partial charge in [-0.15, -0.1) is 0 Å². The number of halogens is 2. The first-order chi connectivity index (χ1) is 14.9. The Bertz CT molecular complexity index is 1100. The molecule has 1 aliphatic rings. The second-order valence-corrected chi connectivity index (χ2v) is 8.37. The SMILES string of the molecule is O=C(CC1(C(=O)NCc2ccc(Oc3ccc(F)cc3Br)cc2)CC1)c1cncnc1. The number of carbonyl (C=O) groups is 2. The summed E-state index contributed by atoms with van der Waals surface area (Å²) in [7, 11) is 0. The lowest BCUT2D eigenvalue weighted by Crippen LogP contribution is -2.33. The molecule has 6 nitrogen and oxygen atoms in total. The predicted molar refractivity (Wildman–Crippen MR) is 115 cm³/mol. The van der Waals surface area contributed by atoms with Gasteiger partial charge in [0, 0.05) is 25.4 Å². The zero-order valence-electron chi connectivity index (χ0n) is 16.5. The van der Waals surface area contributed by atoms with E-state index in [0.29, 0.717) is 40.9 Å². The second kappa shape index (κ2) is 8.93. The molecule has 1 heterocycles. The Morgan fingerprint density at radius 2 is 1.81 bits per heavy atom. The van der Waals surface area contributed by atoms with Crippen molar-refractivity contribution in [1.82, 2.24) is 15.3 Å². The van der Waals surface area contributed by atoms with E-state index in [2.05, 4.69) is 31.2 Å². The molecule has 4 rings (SSSR count). The number of nitrogens with one attached hydrogen (secondary N) is 1. The molecule has 1 amide bonds. The number of aromatic nitrogens is 2. The lowest BCUT2D eigenvalue weighted by Gasteiger charge is -2.15. The van der Waals surface area contributed by atoms with Gasteiger partial charge in [0.05, 0.1) is 15.5 Å². The number of carbonyl (C=O) groups excluding carboxylic acids is 2. The first-order valence-corrected chi connectivity index (χ1v) is 10.5. The number of ketones is 1. The maximum absolute atomic E-state index is 13.2. The fraction of sp³-hybridized carbons (Fsp3) is 0.217. The average molecular weight is 484 g/mol. The molecule has 1 fully saturated rings. The van der Waals surface area contributed by atoms with Gasteiger partial charge in [-0.25, -0.2) is 14.4 Å². The summed E-state index contributed by atoms with van der Waals surface area (Å²) < 4.78 is 19.5. The number of hydrogen-bond donors (Lipinski definition) is 1. The zero-order chi connectivity index (χ0) is 21.8. The van der Waals surface area contributed by atoms with Crippen molar-refractivity contribution < 1.29 is 18.7 Å². The minimum atomic E-state index is -0.634. The highest BCUT2D eigenvalue weighted by Crippen LogP contribution is 2.49. The molecule has 8 heteroatoms. The normalized spacial score (nSPS) is 14.0.